The predicted molar refractivity (Wildman–Crippen MR) is 51.1 cm³/mol. The van der Waals surface area contributed by atoms with Gasteiger partial charge >= 0.3 is 5.97 Å². The average molecular weight is 197 g/mol. The third-order valence-electron chi connectivity index (χ3n) is 2.00. The fourth-order valence-corrected chi connectivity index (χ4v) is 1.21. The molecule has 1 aromatic heterocycles. The first kappa shape index (κ1) is 10.7. The first-order valence-corrected chi connectivity index (χ1v) is 4.87. The summed E-state index contributed by atoms with van der Waals surface area (Å²) in [6.07, 6.45) is 6.04. The summed E-state index contributed by atoms with van der Waals surface area (Å²) in [6, 6.07) is 0. The Hall–Kier alpha value is -1.39. The van der Waals surface area contributed by atoms with E-state index >= 15 is 0 Å². The van der Waals surface area contributed by atoms with Gasteiger partial charge in [0.2, 0.25) is 0 Å². The number of unbranched alkanes of at least 4 members (excludes halogenated alkanes) is 3. The molecule has 1 N–H and O–H groups in total. The number of nitrogens with zero attached hydrogens (tertiary/aromatic N) is 3. The summed E-state index contributed by atoms with van der Waals surface area (Å²) in [5.74, 6) is -1.02. The molecule has 14 heavy (non-hydrogen) atoms. The molecule has 0 unspecified atom stereocenters. The zero-order valence-electron chi connectivity index (χ0n) is 8.31. The first-order valence-electron chi connectivity index (χ1n) is 4.87. The Morgan fingerprint density at radius 3 is 2.86 bits per heavy atom. The Kier molecular flexibility index (Phi) is 4.10. The predicted octanol–water partition coefficient (Wildman–Crippen LogP) is 1.56. The topological polar surface area (TPSA) is 68.0 Å². The molecule has 0 fully saturated rings. The minimum atomic E-state index is -1.02. The van der Waals surface area contributed by atoms with Gasteiger partial charge < -0.3 is 5.11 Å². The third kappa shape index (κ3) is 3.16. The van der Waals surface area contributed by atoms with Crippen molar-refractivity contribution in [2.45, 2.75) is 39.2 Å². The van der Waals surface area contributed by atoms with Crippen LogP contribution in [0.4, 0.5) is 0 Å². The van der Waals surface area contributed by atoms with Crippen molar-refractivity contribution in [1.82, 2.24) is 15.0 Å². The number of carboxylic acids is 1. The van der Waals surface area contributed by atoms with Crippen LogP contribution in [0.25, 0.3) is 0 Å². The van der Waals surface area contributed by atoms with E-state index in [0.29, 0.717) is 0 Å². The minimum absolute atomic E-state index is 0.0143. The SMILES string of the molecule is CCCCCCn1cc(C(=O)O)nn1. The van der Waals surface area contributed by atoms with Crippen molar-refractivity contribution in [3.05, 3.63) is 11.9 Å². The number of hydrogen-bond donors (Lipinski definition) is 1. The molecule has 0 saturated carbocycles. The number of aromatic nitrogens is 3. The summed E-state index contributed by atoms with van der Waals surface area (Å²) in [7, 11) is 0. The van der Waals surface area contributed by atoms with Gasteiger partial charge in [-0.05, 0) is 6.42 Å². The Bertz CT molecular complexity index is 296. The summed E-state index contributed by atoms with van der Waals surface area (Å²) >= 11 is 0. The Morgan fingerprint density at radius 2 is 2.29 bits per heavy atom. The van der Waals surface area contributed by atoms with Crippen molar-refractivity contribution in [1.29, 1.82) is 0 Å². The van der Waals surface area contributed by atoms with Crippen molar-refractivity contribution < 1.29 is 9.90 Å². The van der Waals surface area contributed by atoms with Crippen molar-refractivity contribution in [3.8, 4) is 0 Å². The molecule has 78 valence electrons. The quantitative estimate of drug-likeness (QED) is 0.702. The Labute approximate surface area is 82.7 Å². The van der Waals surface area contributed by atoms with Gasteiger partial charge in [0.1, 0.15) is 0 Å². The molecule has 1 rings (SSSR count). The normalized spacial score (nSPS) is 10.4. The smallest absolute Gasteiger partial charge is 0.358 e. The second kappa shape index (κ2) is 5.36. The highest BCUT2D eigenvalue weighted by atomic mass is 16.4. The molecule has 0 bridgehead atoms. The van der Waals surface area contributed by atoms with Crippen molar-refractivity contribution in [3.63, 3.8) is 0 Å². The van der Waals surface area contributed by atoms with Crippen LogP contribution in [-0.4, -0.2) is 26.1 Å². The average Bonchev–Trinajstić information content (AvgIpc) is 2.61. The van der Waals surface area contributed by atoms with Gasteiger partial charge in [0.05, 0.1) is 6.20 Å². The van der Waals surface area contributed by atoms with Crippen molar-refractivity contribution in [2.75, 3.05) is 0 Å². The summed E-state index contributed by atoms with van der Waals surface area (Å²) in [4.78, 5) is 10.5. The molecule has 0 aliphatic carbocycles. The standard InChI is InChI=1S/C9H15N3O2/c1-2-3-4-5-6-12-7-8(9(13)14)10-11-12/h7H,2-6H2,1H3,(H,13,14). The highest BCUT2D eigenvalue weighted by molar-refractivity contribution is 5.84. The zero-order valence-corrected chi connectivity index (χ0v) is 8.31. The Balaban J connectivity index is 2.33. The van der Waals surface area contributed by atoms with Crippen LogP contribution >= 0.6 is 0 Å². The monoisotopic (exact) mass is 197 g/mol. The molecule has 0 radical (unpaired) electrons. The second-order valence-electron chi connectivity index (χ2n) is 3.23. The lowest BCUT2D eigenvalue weighted by atomic mass is 10.2. The minimum Gasteiger partial charge on any atom is -0.476 e. The molecule has 0 spiro atoms. The number of rotatable bonds is 6. The third-order valence-corrected chi connectivity index (χ3v) is 2.00. The lowest BCUT2D eigenvalue weighted by molar-refractivity contribution is 0.0690. The highest BCUT2D eigenvalue weighted by Crippen LogP contribution is 2.01. The number of aromatic carboxylic acids is 1. The molecule has 0 aliphatic heterocycles. The fourth-order valence-electron chi connectivity index (χ4n) is 1.21. The number of hydrogen-bond acceptors (Lipinski definition) is 3. The van der Waals surface area contributed by atoms with Crippen molar-refractivity contribution in [2.24, 2.45) is 0 Å². The molecular weight excluding hydrogens is 182 g/mol. The van der Waals surface area contributed by atoms with E-state index < -0.39 is 5.97 Å². The van der Waals surface area contributed by atoms with Crippen LogP contribution in [0, 0.1) is 0 Å². The Morgan fingerprint density at radius 1 is 1.50 bits per heavy atom. The van der Waals surface area contributed by atoms with Gasteiger partial charge in [-0.15, -0.1) is 5.10 Å². The van der Waals surface area contributed by atoms with Crippen LogP contribution in [0.5, 0.6) is 0 Å². The molecule has 0 saturated heterocycles. The van der Waals surface area contributed by atoms with Crippen LogP contribution in [0.15, 0.2) is 6.20 Å². The molecule has 1 heterocycles. The van der Waals surface area contributed by atoms with E-state index in [4.69, 9.17) is 5.11 Å². The summed E-state index contributed by atoms with van der Waals surface area (Å²) < 4.78 is 1.58. The highest BCUT2D eigenvalue weighted by Gasteiger charge is 2.07. The van der Waals surface area contributed by atoms with Crippen LogP contribution in [-0.2, 0) is 6.54 Å². The van der Waals surface area contributed by atoms with Gasteiger partial charge in [-0.1, -0.05) is 31.4 Å². The molecule has 0 amide bonds. The number of aryl methyl sites for hydroxylation is 1. The van der Waals surface area contributed by atoms with E-state index in [1.54, 1.807) is 4.68 Å². The molecule has 0 atom stereocenters. The van der Waals surface area contributed by atoms with E-state index in [1.807, 2.05) is 0 Å². The second-order valence-corrected chi connectivity index (χ2v) is 3.23. The molecule has 5 nitrogen and oxygen atoms in total. The fraction of sp³-hybridized carbons (Fsp3) is 0.667. The van der Waals surface area contributed by atoms with E-state index in [1.165, 1.54) is 19.0 Å². The molecule has 5 heteroatoms. The van der Waals surface area contributed by atoms with Gasteiger partial charge in [-0.25, -0.2) is 4.79 Å². The van der Waals surface area contributed by atoms with Gasteiger partial charge in [0.25, 0.3) is 0 Å². The number of carbonyl (C=O) groups is 1. The summed E-state index contributed by atoms with van der Waals surface area (Å²) in [5.41, 5.74) is 0.0143. The van der Waals surface area contributed by atoms with E-state index in [0.717, 1.165) is 19.4 Å². The lowest BCUT2D eigenvalue weighted by Crippen LogP contribution is -1.98. The molecular formula is C9H15N3O2. The van der Waals surface area contributed by atoms with Gasteiger partial charge in [0.15, 0.2) is 5.69 Å². The summed E-state index contributed by atoms with van der Waals surface area (Å²) in [6.45, 7) is 2.90. The van der Waals surface area contributed by atoms with E-state index in [-0.39, 0.29) is 5.69 Å². The first-order chi connectivity index (χ1) is 6.74. The zero-order chi connectivity index (χ0) is 10.4. The maximum absolute atomic E-state index is 10.5. The van der Waals surface area contributed by atoms with Gasteiger partial charge in [-0.2, -0.15) is 0 Å². The largest absolute Gasteiger partial charge is 0.476 e. The maximum atomic E-state index is 10.5. The van der Waals surface area contributed by atoms with E-state index in [2.05, 4.69) is 17.2 Å². The van der Waals surface area contributed by atoms with Crippen LogP contribution in [0.2, 0.25) is 0 Å². The van der Waals surface area contributed by atoms with E-state index in [9.17, 15) is 4.79 Å². The maximum Gasteiger partial charge on any atom is 0.358 e. The molecule has 0 aliphatic rings. The number of carboxylic acid groups (broad SMARTS) is 1. The van der Waals surface area contributed by atoms with Crippen molar-refractivity contribution >= 4 is 5.97 Å². The molecule has 1 aromatic rings. The van der Waals surface area contributed by atoms with Crippen LogP contribution in [0.3, 0.4) is 0 Å². The van der Waals surface area contributed by atoms with Crippen LogP contribution < -0.4 is 0 Å². The van der Waals surface area contributed by atoms with Gasteiger partial charge in [0, 0.05) is 6.54 Å². The van der Waals surface area contributed by atoms with Gasteiger partial charge in [-0.3, -0.25) is 4.68 Å². The van der Waals surface area contributed by atoms with Crippen LogP contribution in [0.1, 0.15) is 43.1 Å². The summed E-state index contributed by atoms with van der Waals surface area (Å²) in [5, 5.41) is 15.8. The lowest BCUT2D eigenvalue weighted by Gasteiger charge is -1.98. The molecule has 0 aromatic carbocycles.